The number of pyridine rings is 4. The molecule has 0 aliphatic carbocycles. The van der Waals surface area contributed by atoms with Gasteiger partial charge in [0.1, 0.15) is 4.60 Å². The van der Waals surface area contributed by atoms with Crippen molar-refractivity contribution in [3.8, 4) is 11.1 Å². The summed E-state index contributed by atoms with van der Waals surface area (Å²) in [6, 6.07) is 84.5. The van der Waals surface area contributed by atoms with Crippen molar-refractivity contribution in [2.24, 2.45) is 0 Å². The maximum Gasteiger partial charge on any atom is 0.488 e. The molecular weight excluding hydrogens is 1740 g/mol. The van der Waals surface area contributed by atoms with Crippen LogP contribution in [0.3, 0.4) is 0 Å². The van der Waals surface area contributed by atoms with Crippen LogP contribution < -0.4 is 10.9 Å². The average Bonchev–Trinajstić information content (AvgIpc) is 2.54. The monoisotopic (exact) mass is 1840 g/mol. The molecule has 22 heteroatoms. The smallest absolute Gasteiger partial charge is 0.423 e. The van der Waals surface area contributed by atoms with Crippen LogP contribution in [0.15, 0.2) is 283 Å². The van der Waals surface area contributed by atoms with Crippen molar-refractivity contribution < 1.29 is 95.4 Å². The van der Waals surface area contributed by atoms with Gasteiger partial charge in [-0.05, 0) is 96.2 Å². The predicted molar refractivity (Wildman–Crippen MR) is 409 cm³/mol. The van der Waals surface area contributed by atoms with Crippen molar-refractivity contribution in [3.63, 3.8) is 0 Å². The molecule has 4 heterocycles. The SMILES string of the molecule is Brc1c[c-]ccc1.Brc1ccccn1.CF.CF.CF.CF.CF.CF.CF.CF.Cc1ccccn1.Cc1ccccn1.Cc1ccccn1.OB(O)c1ccccc1.OB(O)c1ccccc1.[CH3-].[CH3-].[CH3-].[CH3-].[CH3-].[CH3-].[CH3-].[CH3-].[Ir].[Ir].[c-]1cccc(-c2ccccc2)c1.c1ccccc1. The zero-order valence-electron chi connectivity index (χ0n) is 59.7. The van der Waals surface area contributed by atoms with E-state index in [1.807, 2.05) is 203 Å². The molecule has 10 aromatic rings. The number of aryl methyl sites for hydroxylation is 3. The van der Waals surface area contributed by atoms with E-state index < -0.39 is 14.2 Å². The van der Waals surface area contributed by atoms with Crippen molar-refractivity contribution in [1.82, 2.24) is 19.9 Å². The van der Waals surface area contributed by atoms with Crippen molar-refractivity contribution >= 4 is 57.0 Å². The fourth-order valence-electron chi connectivity index (χ4n) is 4.90. The summed E-state index contributed by atoms with van der Waals surface area (Å²) < 4.78 is 78.0. The molecule has 0 fully saturated rings. The average molecular weight is 1850 g/mol. The second-order valence-electron chi connectivity index (χ2n) is 14.2. The summed E-state index contributed by atoms with van der Waals surface area (Å²) in [7, 11) is 1.32. The van der Waals surface area contributed by atoms with E-state index in [1.54, 1.807) is 73.3 Å². The molecule has 97 heavy (non-hydrogen) atoms. The first-order chi connectivity index (χ1) is 42.5. The summed E-state index contributed by atoms with van der Waals surface area (Å²) in [5.74, 6) is 0. The summed E-state index contributed by atoms with van der Waals surface area (Å²) in [4.78, 5) is 15.8. The molecule has 0 saturated heterocycles. The predicted octanol–water partition coefficient (Wildman–Crippen LogP) is 20.1. The molecule has 4 N–H and O–H groups in total. The minimum Gasteiger partial charge on any atom is -0.423 e. The number of halogens is 10. The molecule has 0 bridgehead atoms. The number of alkyl halides is 8. The summed E-state index contributed by atoms with van der Waals surface area (Å²) in [6.45, 7) is 5.92. The van der Waals surface area contributed by atoms with Gasteiger partial charge in [0.05, 0.1) is 57.4 Å². The maximum absolute atomic E-state index is 9.50. The Morgan fingerprint density at radius 1 is 0.289 bits per heavy atom. The minimum absolute atomic E-state index is 0. The van der Waals surface area contributed by atoms with Crippen LogP contribution in [0.1, 0.15) is 17.1 Å². The first kappa shape index (κ1) is 134. The minimum atomic E-state index is -1.34. The van der Waals surface area contributed by atoms with Gasteiger partial charge in [-0.2, -0.15) is 60.7 Å². The largest absolute Gasteiger partial charge is 0.488 e. The maximum atomic E-state index is 9.50. The van der Waals surface area contributed by atoms with Crippen LogP contribution in [0, 0.1) is 92.3 Å². The van der Waals surface area contributed by atoms with Gasteiger partial charge in [-0.15, -0.1) is 21.5 Å². The van der Waals surface area contributed by atoms with Crippen molar-refractivity contribution in [1.29, 1.82) is 0 Å². The van der Waals surface area contributed by atoms with Gasteiger partial charge in [0.2, 0.25) is 0 Å². The van der Waals surface area contributed by atoms with Crippen LogP contribution in [0.5, 0.6) is 0 Å². The van der Waals surface area contributed by atoms with Crippen LogP contribution in [0.2, 0.25) is 0 Å². The van der Waals surface area contributed by atoms with Gasteiger partial charge < -0.3 is 79.5 Å². The zero-order chi connectivity index (χ0) is 67.4. The number of benzene rings is 6. The first-order valence-electron chi connectivity index (χ1n) is 25.2. The number of nitrogens with zero attached hydrogens (tertiary/aromatic N) is 4. The molecule has 0 atom stereocenters. The number of hydrogen-bond acceptors (Lipinski definition) is 8. The second kappa shape index (κ2) is 117. The Morgan fingerprint density at radius 3 is 0.680 bits per heavy atom. The van der Waals surface area contributed by atoms with Crippen LogP contribution >= 0.6 is 31.9 Å². The van der Waals surface area contributed by atoms with Crippen LogP contribution in [0.25, 0.3) is 11.1 Å². The summed E-state index contributed by atoms with van der Waals surface area (Å²) in [6.07, 6.45) is 7.10. The van der Waals surface area contributed by atoms with E-state index in [1.165, 1.54) is 11.1 Å². The third-order valence-corrected chi connectivity index (χ3v) is 9.37. The van der Waals surface area contributed by atoms with E-state index in [0.29, 0.717) is 68.3 Å². The number of rotatable bonds is 3. The van der Waals surface area contributed by atoms with E-state index in [9.17, 15) is 35.1 Å². The fourth-order valence-corrected chi connectivity index (χ4v) is 5.45. The molecule has 0 aliphatic heterocycles. The van der Waals surface area contributed by atoms with Crippen LogP contribution in [-0.4, -0.2) is 112 Å². The van der Waals surface area contributed by atoms with E-state index >= 15 is 0 Å². The third-order valence-electron chi connectivity index (χ3n) is 8.41. The van der Waals surface area contributed by atoms with E-state index in [0.717, 1.165) is 26.2 Å². The molecule has 0 spiro atoms. The third kappa shape index (κ3) is 98.4. The van der Waals surface area contributed by atoms with Crippen LogP contribution in [-0.2, 0) is 40.2 Å². The fraction of sp³-hybridized carbons (Fsp3) is 0.147. The van der Waals surface area contributed by atoms with Gasteiger partial charge in [-0.25, -0.2) is 4.98 Å². The van der Waals surface area contributed by atoms with Gasteiger partial charge in [0.15, 0.2) is 0 Å². The molecule has 6 aromatic carbocycles. The topological polar surface area (TPSA) is 132 Å². The van der Waals surface area contributed by atoms with Crippen molar-refractivity contribution in [3.05, 3.63) is 371 Å². The Labute approximate surface area is 628 Å². The molecule has 8 nitrogen and oxygen atoms in total. The van der Waals surface area contributed by atoms with E-state index in [4.69, 9.17) is 20.1 Å². The first-order valence-corrected chi connectivity index (χ1v) is 26.8. The zero-order valence-corrected chi connectivity index (χ0v) is 67.6. The van der Waals surface area contributed by atoms with E-state index in [2.05, 4.69) is 82.1 Å². The number of hydrogen-bond donors (Lipinski definition) is 4. The summed E-state index contributed by atoms with van der Waals surface area (Å²) in [5, 5.41) is 34.3. The molecule has 0 amide bonds. The van der Waals surface area contributed by atoms with Gasteiger partial charge in [0.25, 0.3) is 0 Å². The molecule has 0 saturated carbocycles. The molecule has 2 radical (unpaired) electrons. The quantitative estimate of drug-likeness (QED) is 0.0595. The Hall–Kier alpha value is -6.41. The Bertz CT molecular complexity index is 2400. The van der Waals surface area contributed by atoms with Gasteiger partial charge in [0, 0.05) is 82.1 Å². The Kier molecular flexibility index (Phi) is 162. The van der Waals surface area contributed by atoms with Crippen molar-refractivity contribution in [2.75, 3.05) is 57.4 Å². The molecule has 0 unspecified atom stereocenters. The van der Waals surface area contributed by atoms with Gasteiger partial charge >= 0.3 is 14.2 Å². The van der Waals surface area contributed by atoms with Crippen molar-refractivity contribution in [2.45, 2.75) is 20.8 Å². The Morgan fingerprint density at radius 2 is 0.526 bits per heavy atom. The summed E-state index contributed by atoms with van der Waals surface area (Å²) in [5.41, 5.74) is 6.73. The standard InChI is InChI=1S/C12H9.2C6H7BO2.C6H4Br.3C6H7N.C6H6.C5H4BrN.8CH3F.8CH3.2Ir/c1-3-7-11(8-4-1)12-9-5-2-6-10-12;2*8-7(9)6-4-2-1-3-5-6;7-6-4-2-1-3-5-6;3*1-6-4-2-3-5-7-6;1-2-4-6-5-3-1;6-5-3-1-2-4-7-5;8*1-2;;;;;;;;;;/h1-5,7-10H;2*1-5,8-9H;1-2,4-5H;3*2-5H,1H3;1-6H;1-4H;8*1H3;8*1H3;;/q-1;;;-1;;;;;;;;;;;;;;8*-1;;. The van der Waals surface area contributed by atoms with Gasteiger partial charge in [-0.3, -0.25) is 50.1 Å². The molecule has 10 rings (SSSR count). The molecule has 4 aromatic heterocycles. The second-order valence-corrected chi connectivity index (χ2v) is 15.9. The van der Waals surface area contributed by atoms with Gasteiger partial charge in [-0.1, -0.05) is 162 Å². The van der Waals surface area contributed by atoms with Crippen LogP contribution in [0.4, 0.5) is 35.1 Å². The molecule has 0 aliphatic rings. The number of aromatic nitrogens is 4. The Balaban J connectivity index is -0.0000000478. The van der Waals surface area contributed by atoms with E-state index in [-0.39, 0.29) is 99.6 Å². The summed E-state index contributed by atoms with van der Waals surface area (Å²) >= 11 is 6.48. The molecular formula is C75H106B2Br2F8Ir2N4O4-10. The normalized spacial score (nSPS) is 7.02. The molecule has 554 valence electrons.